The van der Waals surface area contributed by atoms with Gasteiger partial charge in [-0.3, -0.25) is 0 Å². The van der Waals surface area contributed by atoms with E-state index >= 15 is 0 Å². The number of rotatable bonds is 4. The van der Waals surface area contributed by atoms with Crippen molar-refractivity contribution < 1.29 is 9.21 Å². The van der Waals surface area contributed by atoms with Crippen molar-refractivity contribution in [3.63, 3.8) is 0 Å². The number of piperidine rings is 1. The summed E-state index contributed by atoms with van der Waals surface area (Å²) in [5, 5.41) is 3.08. The van der Waals surface area contributed by atoms with E-state index in [9.17, 15) is 4.79 Å². The van der Waals surface area contributed by atoms with Gasteiger partial charge < -0.3 is 19.5 Å². The highest BCUT2D eigenvalue weighted by atomic mass is 16.3. The average molecular weight is 315 g/mol. The fourth-order valence-electron chi connectivity index (χ4n) is 2.72. The molecule has 1 saturated heterocycles. The highest BCUT2D eigenvalue weighted by Crippen LogP contribution is 2.15. The molecule has 1 fully saturated rings. The molecule has 7 heteroatoms. The van der Waals surface area contributed by atoms with E-state index in [0.717, 1.165) is 37.6 Å². The number of amides is 2. The number of nitrogens with zero attached hydrogens (tertiary/aromatic N) is 4. The lowest BCUT2D eigenvalue weighted by atomic mass is 10.1. The Hall–Kier alpha value is -2.57. The van der Waals surface area contributed by atoms with Crippen molar-refractivity contribution in [3.05, 3.63) is 42.6 Å². The van der Waals surface area contributed by atoms with Crippen LogP contribution in [0.15, 0.2) is 41.3 Å². The van der Waals surface area contributed by atoms with Gasteiger partial charge in [0.15, 0.2) is 0 Å². The molecule has 3 rings (SSSR count). The number of anilines is 1. The quantitative estimate of drug-likeness (QED) is 0.932. The monoisotopic (exact) mass is 315 g/mol. The summed E-state index contributed by atoms with van der Waals surface area (Å²) in [7, 11) is 1.76. The molecule has 1 aliphatic heterocycles. The number of carbonyl (C=O) groups is 1. The zero-order valence-corrected chi connectivity index (χ0v) is 13.2. The van der Waals surface area contributed by atoms with Crippen LogP contribution < -0.4 is 10.2 Å². The molecular weight excluding hydrogens is 294 g/mol. The average Bonchev–Trinajstić information content (AvgIpc) is 3.09. The van der Waals surface area contributed by atoms with E-state index in [1.807, 2.05) is 12.1 Å². The highest BCUT2D eigenvalue weighted by Gasteiger charge is 2.24. The molecule has 3 heterocycles. The van der Waals surface area contributed by atoms with Gasteiger partial charge in [0.05, 0.1) is 12.8 Å². The Morgan fingerprint density at radius 1 is 1.43 bits per heavy atom. The van der Waals surface area contributed by atoms with Crippen LogP contribution in [0.1, 0.15) is 18.6 Å². The van der Waals surface area contributed by atoms with Gasteiger partial charge in [-0.1, -0.05) is 0 Å². The summed E-state index contributed by atoms with van der Waals surface area (Å²) in [5.74, 6) is 1.49. The Balaban J connectivity index is 1.54. The zero-order valence-electron chi connectivity index (χ0n) is 13.2. The summed E-state index contributed by atoms with van der Waals surface area (Å²) in [5.41, 5.74) is 0. The summed E-state index contributed by atoms with van der Waals surface area (Å²) in [6.45, 7) is 2.10. The Morgan fingerprint density at radius 3 is 3.00 bits per heavy atom. The van der Waals surface area contributed by atoms with Crippen molar-refractivity contribution in [1.29, 1.82) is 0 Å². The molecule has 0 spiro atoms. The molecule has 0 aromatic carbocycles. The second-order valence-corrected chi connectivity index (χ2v) is 5.72. The highest BCUT2D eigenvalue weighted by molar-refractivity contribution is 5.74. The Morgan fingerprint density at radius 2 is 2.26 bits per heavy atom. The maximum atomic E-state index is 12.3. The summed E-state index contributed by atoms with van der Waals surface area (Å²) in [4.78, 5) is 24.6. The molecule has 23 heavy (non-hydrogen) atoms. The van der Waals surface area contributed by atoms with Gasteiger partial charge in [-0.25, -0.2) is 14.8 Å². The lowest BCUT2D eigenvalue weighted by Crippen LogP contribution is -2.51. The van der Waals surface area contributed by atoms with Gasteiger partial charge in [0.25, 0.3) is 0 Å². The molecule has 0 aliphatic carbocycles. The predicted octanol–water partition coefficient (Wildman–Crippen LogP) is 1.88. The standard InChI is InChI=1S/C16H21N5O2/c1-20(12-14-6-3-10-23-14)16(22)19-13-5-2-9-21(11-13)15-17-7-4-8-18-15/h3-4,6-8,10,13H,2,5,9,11-12H2,1H3,(H,19,22). The van der Waals surface area contributed by atoms with Crippen LogP contribution in [-0.2, 0) is 6.54 Å². The van der Waals surface area contributed by atoms with Crippen LogP contribution in [0.3, 0.4) is 0 Å². The lowest BCUT2D eigenvalue weighted by Gasteiger charge is -2.33. The van der Waals surface area contributed by atoms with Crippen LogP contribution in [0, 0.1) is 0 Å². The molecule has 0 saturated carbocycles. The first kappa shape index (κ1) is 15.3. The van der Waals surface area contributed by atoms with Gasteiger partial charge in [-0.15, -0.1) is 0 Å². The fraction of sp³-hybridized carbons (Fsp3) is 0.438. The van der Waals surface area contributed by atoms with Crippen LogP contribution in [0.2, 0.25) is 0 Å². The van der Waals surface area contributed by atoms with E-state index in [4.69, 9.17) is 4.42 Å². The van der Waals surface area contributed by atoms with E-state index in [2.05, 4.69) is 20.2 Å². The SMILES string of the molecule is CN(Cc1ccco1)C(=O)NC1CCCN(c2ncccn2)C1. The topological polar surface area (TPSA) is 74.5 Å². The number of furan rings is 1. The number of hydrogen-bond acceptors (Lipinski definition) is 5. The van der Waals surface area contributed by atoms with Crippen molar-refractivity contribution in [3.8, 4) is 0 Å². The second-order valence-electron chi connectivity index (χ2n) is 5.72. The van der Waals surface area contributed by atoms with Crippen molar-refractivity contribution >= 4 is 12.0 Å². The molecule has 1 aliphatic rings. The normalized spacial score (nSPS) is 17.8. The third kappa shape index (κ3) is 4.00. The van der Waals surface area contributed by atoms with Crippen molar-refractivity contribution in [2.75, 3.05) is 25.0 Å². The van der Waals surface area contributed by atoms with Crippen LogP contribution in [0.4, 0.5) is 10.7 Å². The molecular formula is C16H21N5O2. The second kappa shape index (κ2) is 7.13. The smallest absolute Gasteiger partial charge is 0.317 e. The maximum absolute atomic E-state index is 12.3. The Kier molecular flexibility index (Phi) is 4.75. The minimum Gasteiger partial charge on any atom is -0.467 e. The largest absolute Gasteiger partial charge is 0.467 e. The van der Waals surface area contributed by atoms with E-state index in [1.54, 1.807) is 36.7 Å². The first-order valence-corrected chi connectivity index (χ1v) is 7.78. The van der Waals surface area contributed by atoms with Gasteiger partial charge in [-0.05, 0) is 31.0 Å². The van der Waals surface area contributed by atoms with Crippen LogP contribution >= 0.6 is 0 Å². The third-order valence-corrected chi connectivity index (χ3v) is 3.90. The van der Waals surface area contributed by atoms with E-state index < -0.39 is 0 Å². The summed E-state index contributed by atoms with van der Waals surface area (Å²) in [6.07, 6.45) is 7.05. The number of hydrogen-bond donors (Lipinski definition) is 1. The van der Waals surface area contributed by atoms with E-state index in [1.165, 1.54) is 0 Å². The Labute approximate surface area is 135 Å². The van der Waals surface area contributed by atoms with E-state index in [0.29, 0.717) is 6.54 Å². The van der Waals surface area contributed by atoms with Gasteiger partial charge in [0.2, 0.25) is 5.95 Å². The minimum absolute atomic E-state index is 0.0952. The fourth-order valence-corrected chi connectivity index (χ4v) is 2.72. The zero-order chi connectivity index (χ0) is 16.1. The van der Waals surface area contributed by atoms with Crippen LogP contribution in [0.5, 0.6) is 0 Å². The molecule has 0 bridgehead atoms. The number of nitrogens with one attached hydrogen (secondary N) is 1. The van der Waals surface area contributed by atoms with Gasteiger partial charge >= 0.3 is 6.03 Å². The maximum Gasteiger partial charge on any atom is 0.317 e. The first-order chi connectivity index (χ1) is 11.2. The van der Waals surface area contributed by atoms with Gasteiger partial charge in [0, 0.05) is 38.6 Å². The first-order valence-electron chi connectivity index (χ1n) is 7.78. The third-order valence-electron chi connectivity index (χ3n) is 3.90. The van der Waals surface area contributed by atoms with Crippen LogP contribution in [-0.4, -0.2) is 47.1 Å². The molecule has 1 atom stereocenters. The van der Waals surface area contributed by atoms with E-state index in [-0.39, 0.29) is 12.1 Å². The number of urea groups is 1. The molecule has 0 radical (unpaired) electrons. The van der Waals surface area contributed by atoms with Gasteiger partial charge in [-0.2, -0.15) is 0 Å². The number of carbonyl (C=O) groups excluding carboxylic acids is 1. The summed E-state index contributed by atoms with van der Waals surface area (Å²) >= 11 is 0. The van der Waals surface area contributed by atoms with Gasteiger partial charge in [0.1, 0.15) is 5.76 Å². The Bertz CT molecular complexity index is 617. The molecule has 2 amide bonds. The molecule has 2 aromatic rings. The molecule has 122 valence electrons. The molecule has 1 unspecified atom stereocenters. The molecule has 7 nitrogen and oxygen atoms in total. The van der Waals surface area contributed by atoms with Crippen molar-refractivity contribution in [1.82, 2.24) is 20.2 Å². The van der Waals surface area contributed by atoms with Crippen molar-refractivity contribution in [2.45, 2.75) is 25.4 Å². The molecule has 2 aromatic heterocycles. The minimum atomic E-state index is -0.0952. The van der Waals surface area contributed by atoms with Crippen LogP contribution in [0.25, 0.3) is 0 Å². The summed E-state index contributed by atoms with van der Waals surface area (Å²) in [6, 6.07) is 5.48. The predicted molar refractivity (Wildman–Crippen MR) is 86.0 cm³/mol. The summed E-state index contributed by atoms with van der Waals surface area (Å²) < 4.78 is 5.27. The number of aromatic nitrogens is 2. The molecule has 1 N–H and O–H groups in total. The lowest BCUT2D eigenvalue weighted by molar-refractivity contribution is 0.197. The van der Waals surface area contributed by atoms with Crippen molar-refractivity contribution in [2.24, 2.45) is 0 Å².